The number of benzene rings is 2. The third-order valence-electron chi connectivity index (χ3n) is 4.20. The number of oxazole rings is 1. The molecule has 1 aliphatic heterocycles. The molecule has 0 spiro atoms. The predicted molar refractivity (Wildman–Crippen MR) is 102 cm³/mol. The van der Waals surface area contributed by atoms with E-state index in [4.69, 9.17) is 9.15 Å². The summed E-state index contributed by atoms with van der Waals surface area (Å²) in [5, 5.41) is 10.3. The average Bonchev–Trinajstić information content (AvgIpc) is 3.16. The number of hydrogen-bond donors (Lipinski definition) is 1. The molecule has 0 atom stereocenters. The maximum Gasteiger partial charge on any atom is 0.310 e. The lowest BCUT2D eigenvalue weighted by Crippen LogP contribution is -1.94. The van der Waals surface area contributed by atoms with Crippen LogP contribution in [-0.2, 0) is 0 Å². The molecule has 0 saturated heterocycles. The second-order valence-electron chi connectivity index (χ2n) is 5.91. The minimum Gasteiger partial charge on any atom is -0.493 e. The van der Waals surface area contributed by atoms with Crippen molar-refractivity contribution in [2.24, 2.45) is 4.99 Å². The Hall–Kier alpha value is -3.34. The van der Waals surface area contributed by atoms with Crippen LogP contribution in [0.3, 0.4) is 0 Å². The Balaban J connectivity index is 1.76. The number of allylic oxidation sites excluding steroid dienone is 1. The van der Waals surface area contributed by atoms with E-state index in [-0.39, 0.29) is 5.95 Å². The Morgan fingerprint density at radius 1 is 1.08 bits per heavy atom. The van der Waals surface area contributed by atoms with Crippen LogP contribution in [0.25, 0.3) is 23.1 Å². The summed E-state index contributed by atoms with van der Waals surface area (Å²) in [5.74, 6) is 0.759. The maximum absolute atomic E-state index is 10.3. The van der Waals surface area contributed by atoms with E-state index in [1.54, 1.807) is 6.08 Å². The first-order chi connectivity index (χ1) is 12.7. The first-order valence-electron chi connectivity index (χ1n) is 8.46. The standard InChI is InChI=1S/C21H18N2O3/c1-3-25-19-11-7-5-9-15(19)20-23-18(21(24)26-20)12-16-13(2)22-17-10-6-4-8-14(16)17/h4-12,24H,3H2,1-2H3/b16-12+. The quantitative estimate of drug-likeness (QED) is 0.714. The van der Waals surface area contributed by atoms with Gasteiger partial charge in [-0.25, -0.2) is 4.98 Å². The van der Waals surface area contributed by atoms with Crippen LogP contribution in [0.15, 0.2) is 57.9 Å². The van der Waals surface area contributed by atoms with Crippen molar-refractivity contribution >= 4 is 23.0 Å². The minimum atomic E-state index is -0.226. The molecule has 1 N–H and O–H groups in total. The van der Waals surface area contributed by atoms with Crippen LogP contribution in [0, 0.1) is 0 Å². The van der Waals surface area contributed by atoms with Gasteiger partial charge in [0.1, 0.15) is 11.4 Å². The third-order valence-corrected chi connectivity index (χ3v) is 4.20. The number of aromatic nitrogens is 1. The van der Waals surface area contributed by atoms with E-state index in [1.165, 1.54) is 0 Å². The van der Waals surface area contributed by atoms with Gasteiger partial charge in [0, 0.05) is 16.8 Å². The van der Waals surface area contributed by atoms with Crippen molar-refractivity contribution in [3.05, 3.63) is 59.8 Å². The van der Waals surface area contributed by atoms with Gasteiger partial charge in [-0.1, -0.05) is 30.3 Å². The van der Waals surface area contributed by atoms with Crippen molar-refractivity contribution in [2.75, 3.05) is 6.61 Å². The minimum absolute atomic E-state index is 0.226. The Bertz CT molecular complexity index is 1030. The summed E-state index contributed by atoms with van der Waals surface area (Å²) in [6.07, 6.45) is 1.80. The number of aromatic hydroxyl groups is 1. The Morgan fingerprint density at radius 3 is 2.62 bits per heavy atom. The first kappa shape index (κ1) is 16.1. The molecule has 0 radical (unpaired) electrons. The molecule has 3 aromatic rings. The van der Waals surface area contributed by atoms with Crippen molar-refractivity contribution in [3.8, 4) is 23.1 Å². The molecule has 5 nitrogen and oxygen atoms in total. The average molecular weight is 346 g/mol. The molecular formula is C21H18N2O3. The molecule has 2 heterocycles. The van der Waals surface area contributed by atoms with Gasteiger partial charge in [-0.2, -0.15) is 0 Å². The predicted octanol–water partition coefficient (Wildman–Crippen LogP) is 5.09. The molecule has 5 heteroatoms. The van der Waals surface area contributed by atoms with Gasteiger partial charge in [-0.3, -0.25) is 4.99 Å². The molecule has 130 valence electrons. The molecule has 2 aromatic carbocycles. The third kappa shape index (κ3) is 2.77. The molecular weight excluding hydrogens is 328 g/mol. The zero-order chi connectivity index (χ0) is 18.1. The van der Waals surface area contributed by atoms with Gasteiger partial charge in [0.2, 0.25) is 5.89 Å². The second-order valence-corrected chi connectivity index (χ2v) is 5.91. The Labute approximate surface area is 151 Å². The SMILES string of the molecule is CCOc1ccccc1-c1nc(/C=C2\C(C)=Nc3ccccc32)c(O)o1. The van der Waals surface area contributed by atoms with E-state index in [0.717, 1.165) is 22.5 Å². The zero-order valence-electron chi connectivity index (χ0n) is 14.6. The Kier molecular flexibility index (Phi) is 4.05. The summed E-state index contributed by atoms with van der Waals surface area (Å²) >= 11 is 0. The van der Waals surface area contributed by atoms with Crippen molar-refractivity contribution in [2.45, 2.75) is 13.8 Å². The first-order valence-corrected chi connectivity index (χ1v) is 8.46. The van der Waals surface area contributed by atoms with E-state index in [0.29, 0.717) is 29.5 Å². The number of nitrogens with zero attached hydrogens (tertiary/aromatic N) is 2. The summed E-state index contributed by atoms with van der Waals surface area (Å²) in [5.41, 5.74) is 4.81. The lowest BCUT2D eigenvalue weighted by molar-refractivity contribution is 0.329. The second kappa shape index (κ2) is 6.52. The molecule has 0 bridgehead atoms. The van der Waals surface area contributed by atoms with E-state index in [2.05, 4.69) is 9.98 Å². The van der Waals surface area contributed by atoms with Gasteiger partial charge in [0.05, 0.1) is 17.9 Å². The van der Waals surface area contributed by atoms with Crippen molar-refractivity contribution in [3.63, 3.8) is 0 Å². The summed E-state index contributed by atoms with van der Waals surface area (Å²) in [6.45, 7) is 4.39. The zero-order valence-corrected chi connectivity index (χ0v) is 14.6. The van der Waals surface area contributed by atoms with Gasteiger partial charge in [0.15, 0.2) is 0 Å². The van der Waals surface area contributed by atoms with Gasteiger partial charge in [-0.05, 0) is 38.1 Å². The van der Waals surface area contributed by atoms with Gasteiger partial charge >= 0.3 is 5.95 Å². The smallest absolute Gasteiger partial charge is 0.310 e. The normalized spacial score (nSPS) is 14.4. The largest absolute Gasteiger partial charge is 0.493 e. The molecule has 0 aliphatic carbocycles. The highest BCUT2D eigenvalue weighted by atomic mass is 16.5. The molecule has 0 fully saturated rings. The van der Waals surface area contributed by atoms with Crippen LogP contribution < -0.4 is 4.74 Å². The monoisotopic (exact) mass is 346 g/mol. The number of para-hydroxylation sites is 2. The lowest BCUT2D eigenvalue weighted by atomic mass is 10.0. The van der Waals surface area contributed by atoms with E-state index >= 15 is 0 Å². The highest BCUT2D eigenvalue weighted by Gasteiger charge is 2.21. The van der Waals surface area contributed by atoms with Crippen molar-refractivity contribution < 1.29 is 14.3 Å². The molecule has 4 rings (SSSR count). The summed E-state index contributed by atoms with van der Waals surface area (Å²) in [6, 6.07) is 15.3. The van der Waals surface area contributed by atoms with Crippen LogP contribution in [0.2, 0.25) is 0 Å². The van der Waals surface area contributed by atoms with E-state index in [9.17, 15) is 5.11 Å². The fourth-order valence-corrected chi connectivity index (χ4v) is 3.01. The fraction of sp³-hybridized carbons (Fsp3) is 0.143. The summed E-state index contributed by atoms with van der Waals surface area (Å²) in [4.78, 5) is 9.02. The summed E-state index contributed by atoms with van der Waals surface area (Å²) < 4.78 is 11.1. The topological polar surface area (TPSA) is 67.9 Å². The molecule has 0 saturated carbocycles. The number of aliphatic imine (C=N–C) groups is 1. The number of fused-ring (bicyclic) bond motifs is 1. The molecule has 1 aromatic heterocycles. The van der Waals surface area contributed by atoms with Crippen molar-refractivity contribution in [1.82, 2.24) is 4.98 Å². The van der Waals surface area contributed by atoms with Crippen LogP contribution in [-0.4, -0.2) is 22.4 Å². The van der Waals surface area contributed by atoms with Crippen LogP contribution in [0.1, 0.15) is 25.1 Å². The highest BCUT2D eigenvalue weighted by molar-refractivity contribution is 6.31. The fourth-order valence-electron chi connectivity index (χ4n) is 3.01. The maximum atomic E-state index is 10.3. The van der Waals surface area contributed by atoms with Crippen molar-refractivity contribution in [1.29, 1.82) is 0 Å². The number of rotatable bonds is 4. The van der Waals surface area contributed by atoms with Gasteiger partial charge in [0.25, 0.3) is 0 Å². The van der Waals surface area contributed by atoms with E-state index in [1.807, 2.05) is 62.4 Å². The van der Waals surface area contributed by atoms with E-state index < -0.39 is 0 Å². The number of ether oxygens (including phenoxy) is 1. The number of hydrogen-bond acceptors (Lipinski definition) is 5. The van der Waals surface area contributed by atoms with Gasteiger partial charge < -0.3 is 14.3 Å². The van der Waals surface area contributed by atoms with Crippen LogP contribution in [0.4, 0.5) is 5.69 Å². The molecule has 1 aliphatic rings. The molecule has 0 unspecified atom stereocenters. The van der Waals surface area contributed by atoms with Crippen LogP contribution >= 0.6 is 0 Å². The summed E-state index contributed by atoms with van der Waals surface area (Å²) in [7, 11) is 0. The lowest BCUT2D eigenvalue weighted by Gasteiger charge is -2.06. The van der Waals surface area contributed by atoms with Gasteiger partial charge in [-0.15, -0.1) is 0 Å². The Morgan fingerprint density at radius 2 is 1.81 bits per heavy atom. The molecule has 26 heavy (non-hydrogen) atoms. The highest BCUT2D eigenvalue weighted by Crippen LogP contribution is 2.38. The van der Waals surface area contributed by atoms with Crippen LogP contribution in [0.5, 0.6) is 11.7 Å². The molecule has 0 amide bonds.